The summed E-state index contributed by atoms with van der Waals surface area (Å²) >= 11 is 0. The van der Waals surface area contributed by atoms with Gasteiger partial charge in [0.25, 0.3) is 0 Å². The monoisotopic (exact) mass is 238 g/mol. The summed E-state index contributed by atoms with van der Waals surface area (Å²) in [4.78, 5) is 26.0. The molecule has 4 nitrogen and oxygen atoms in total. The van der Waals surface area contributed by atoms with E-state index in [9.17, 15) is 9.59 Å². The molecule has 2 amide bonds. The van der Waals surface area contributed by atoms with E-state index in [1.807, 2.05) is 13.8 Å². The van der Waals surface area contributed by atoms with Gasteiger partial charge in [-0.3, -0.25) is 9.59 Å². The van der Waals surface area contributed by atoms with Crippen LogP contribution in [-0.4, -0.2) is 34.8 Å². The highest BCUT2D eigenvalue weighted by Crippen LogP contribution is 2.24. The lowest BCUT2D eigenvalue weighted by atomic mass is 9.89. The maximum absolute atomic E-state index is 12.3. The van der Waals surface area contributed by atoms with E-state index >= 15 is 0 Å². The molecule has 2 atom stereocenters. The van der Waals surface area contributed by atoms with Crippen LogP contribution in [0.15, 0.2) is 12.7 Å². The number of nitrogens with zero attached hydrogens (tertiary/aromatic N) is 1. The zero-order valence-corrected chi connectivity index (χ0v) is 11.1. The molecule has 1 aliphatic rings. The van der Waals surface area contributed by atoms with Gasteiger partial charge in [-0.25, -0.2) is 0 Å². The van der Waals surface area contributed by atoms with E-state index in [0.717, 1.165) is 6.42 Å². The second-order valence-electron chi connectivity index (χ2n) is 5.19. The number of rotatable bonds is 4. The lowest BCUT2D eigenvalue weighted by Gasteiger charge is -2.44. The van der Waals surface area contributed by atoms with Crippen molar-refractivity contribution in [1.82, 2.24) is 10.2 Å². The van der Waals surface area contributed by atoms with Crippen LogP contribution in [0.25, 0.3) is 0 Å². The lowest BCUT2D eigenvalue weighted by Crippen LogP contribution is -2.69. The molecule has 2 unspecified atom stereocenters. The van der Waals surface area contributed by atoms with Crippen LogP contribution in [-0.2, 0) is 9.59 Å². The van der Waals surface area contributed by atoms with Crippen LogP contribution in [0.5, 0.6) is 0 Å². The van der Waals surface area contributed by atoms with E-state index in [1.165, 1.54) is 0 Å². The summed E-state index contributed by atoms with van der Waals surface area (Å²) in [7, 11) is 0. The van der Waals surface area contributed by atoms with Crippen molar-refractivity contribution in [3.05, 3.63) is 12.7 Å². The fourth-order valence-corrected chi connectivity index (χ4v) is 2.19. The number of carbonyl (C=O) groups excluding carboxylic acids is 2. The Bertz CT molecular complexity index is 336. The molecule has 0 spiro atoms. The third-order valence-corrected chi connectivity index (χ3v) is 3.34. The average Bonchev–Trinajstić information content (AvgIpc) is 2.24. The van der Waals surface area contributed by atoms with Gasteiger partial charge in [0, 0.05) is 6.54 Å². The van der Waals surface area contributed by atoms with E-state index in [-0.39, 0.29) is 23.8 Å². The second kappa shape index (κ2) is 4.90. The van der Waals surface area contributed by atoms with Gasteiger partial charge >= 0.3 is 0 Å². The highest BCUT2D eigenvalue weighted by Gasteiger charge is 2.46. The van der Waals surface area contributed by atoms with Gasteiger partial charge in [0.15, 0.2) is 0 Å². The number of amides is 2. The van der Waals surface area contributed by atoms with Gasteiger partial charge in [-0.15, -0.1) is 6.58 Å². The number of nitrogens with one attached hydrogen (secondary N) is 1. The fourth-order valence-electron chi connectivity index (χ4n) is 2.19. The minimum atomic E-state index is -0.815. The first-order valence-corrected chi connectivity index (χ1v) is 6.09. The Hall–Kier alpha value is -1.32. The van der Waals surface area contributed by atoms with Gasteiger partial charge in [-0.2, -0.15) is 0 Å². The third-order valence-electron chi connectivity index (χ3n) is 3.34. The maximum atomic E-state index is 12.3. The van der Waals surface area contributed by atoms with Crippen molar-refractivity contribution in [1.29, 1.82) is 0 Å². The molecule has 1 N–H and O–H groups in total. The molecule has 1 saturated heterocycles. The molecule has 0 aromatic heterocycles. The molecule has 96 valence electrons. The van der Waals surface area contributed by atoms with E-state index in [4.69, 9.17) is 0 Å². The Kier molecular flexibility index (Phi) is 3.96. The van der Waals surface area contributed by atoms with Crippen molar-refractivity contribution in [3.8, 4) is 0 Å². The van der Waals surface area contributed by atoms with Gasteiger partial charge in [0.05, 0.1) is 0 Å². The second-order valence-corrected chi connectivity index (χ2v) is 5.19. The summed E-state index contributed by atoms with van der Waals surface area (Å²) in [5, 5.41) is 2.79. The van der Waals surface area contributed by atoms with Gasteiger partial charge in [-0.1, -0.05) is 26.3 Å². The molecular formula is C13H22N2O2. The molecule has 17 heavy (non-hydrogen) atoms. The van der Waals surface area contributed by atoms with E-state index < -0.39 is 5.54 Å². The number of hydrogen-bond donors (Lipinski definition) is 1. The topological polar surface area (TPSA) is 49.4 Å². The smallest absolute Gasteiger partial charge is 0.248 e. The summed E-state index contributed by atoms with van der Waals surface area (Å²) in [6.07, 6.45) is 2.53. The van der Waals surface area contributed by atoms with E-state index in [2.05, 4.69) is 11.9 Å². The normalized spacial score (nSPS) is 25.4. The molecule has 0 aliphatic carbocycles. The first kappa shape index (κ1) is 13.7. The van der Waals surface area contributed by atoms with Crippen LogP contribution in [0.2, 0.25) is 0 Å². The number of carbonyl (C=O) groups is 2. The van der Waals surface area contributed by atoms with Gasteiger partial charge in [-0.05, 0) is 19.8 Å². The van der Waals surface area contributed by atoms with E-state index in [1.54, 1.807) is 24.8 Å². The molecule has 4 heteroatoms. The Balaban J connectivity index is 3.06. The number of hydrogen-bond acceptors (Lipinski definition) is 2. The van der Waals surface area contributed by atoms with E-state index in [0.29, 0.717) is 6.54 Å². The lowest BCUT2D eigenvalue weighted by molar-refractivity contribution is -0.154. The van der Waals surface area contributed by atoms with Crippen LogP contribution >= 0.6 is 0 Å². The molecule has 0 aromatic carbocycles. The van der Waals surface area contributed by atoms with Crippen molar-refractivity contribution in [3.63, 3.8) is 0 Å². The first-order valence-electron chi connectivity index (χ1n) is 6.09. The minimum Gasteiger partial charge on any atom is -0.340 e. The van der Waals surface area contributed by atoms with Gasteiger partial charge < -0.3 is 10.2 Å². The maximum Gasteiger partial charge on any atom is 0.248 e. The Morgan fingerprint density at radius 1 is 1.53 bits per heavy atom. The Morgan fingerprint density at radius 3 is 2.59 bits per heavy atom. The van der Waals surface area contributed by atoms with Gasteiger partial charge in [0.2, 0.25) is 11.8 Å². The summed E-state index contributed by atoms with van der Waals surface area (Å²) in [5.41, 5.74) is -0.815. The zero-order chi connectivity index (χ0) is 13.2. The highest BCUT2D eigenvalue weighted by atomic mass is 16.2. The minimum absolute atomic E-state index is 0.0395. The summed E-state index contributed by atoms with van der Waals surface area (Å²) < 4.78 is 0. The fraction of sp³-hybridized carbons (Fsp3) is 0.692. The van der Waals surface area contributed by atoms with Crippen molar-refractivity contribution in [2.45, 2.75) is 45.7 Å². The molecule has 1 heterocycles. The summed E-state index contributed by atoms with van der Waals surface area (Å²) in [5.74, 6) is 0.0445. The first-order chi connectivity index (χ1) is 7.85. The SMILES string of the molecule is C=CCN1C(=O)C(C)(C)NC(=O)C1C(C)CC. The van der Waals surface area contributed by atoms with Crippen molar-refractivity contribution in [2.24, 2.45) is 5.92 Å². The van der Waals surface area contributed by atoms with Crippen LogP contribution in [0, 0.1) is 5.92 Å². The predicted octanol–water partition coefficient (Wildman–Crippen LogP) is 1.32. The van der Waals surface area contributed by atoms with Crippen LogP contribution in [0.4, 0.5) is 0 Å². The molecule has 0 radical (unpaired) electrons. The Morgan fingerprint density at radius 2 is 2.12 bits per heavy atom. The zero-order valence-electron chi connectivity index (χ0n) is 11.1. The van der Waals surface area contributed by atoms with Crippen LogP contribution in [0.3, 0.4) is 0 Å². The van der Waals surface area contributed by atoms with Gasteiger partial charge in [0.1, 0.15) is 11.6 Å². The molecular weight excluding hydrogens is 216 g/mol. The molecule has 0 aromatic rings. The highest BCUT2D eigenvalue weighted by molar-refractivity contribution is 5.99. The molecule has 0 saturated carbocycles. The molecule has 1 fully saturated rings. The number of piperazine rings is 1. The molecule has 1 aliphatic heterocycles. The standard InChI is InChI=1S/C13H22N2O2/c1-6-8-15-10(9(3)7-2)11(16)14-13(4,5)12(15)17/h6,9-10H,1,7-8H2,2-5H3,(H,14,16). The quantitative estimate of drug-likeness (QED) is 0.751. The van der Waals surface area contributed by atoms with Crippen LogP contribution in [0.1, 0.15) is 34.1 Å². The van der Waals surface area contributed by atoms with Crippen molar-refractivity contribution < 1.29 is 9.59 Å². The third kappa shape index (κ3) is 2.51. The van der Waals surface area contributed by atoms with Crippen molar-refractivity contribution in [2.75, 3.05) is 6.54 Å². The molecule has 1 rings (SSSR count). The molecule has 0 bridgehead atoms. The van der Waals surface area contributed by atoms with Crippen LogP contribution < -0.4 is 5.32 Å². The summed E-state index contributed by atoms with van der Waals surface area (Å²) in [6.45, 7) is 11.6. The predicted molar refractivity (Wildman–Crippen MR) is 67.4 cm³/mol. The Labute approximate surface area is 103 Å². The largest absolute Gasteiger partial charge is 0.340 e. The summed E-state index contributed by atoms with van der Waals surface area (Å²) in [6, 6.07) is -0.376. The van der Waals surface area contributed by atoms with Crippen molar-refractivity contribution >= 4 is 11.8 Å². The average molecular weight is 238 g/mol.